The Labute approximate surface area is 135 Å². The highest BCUT2D eigenvalue weighted by Crippen LogP contribution is 2.16. The fourth-order valence-electron chi connectivity index (χ4n) is 2.44. The van der Waals surface area contributed by atoms with Crippen molar-refractivity contribution in [1.29, 1.82) is 0 Å². The molecular formula is C16H23BrN2O2. The minimum Gasteiger partial charge on any atom is -0.484 e. The smallest absolute Gasteiger partial charge is 0.260 e. The summed E-state index contributed by atoms with van der Waals surface area (Å²) < 4.78 is 6.55. The van der Waals surface area contributed by atoms with E-state index in [9.17, 15) is 4.79 Å². The molecule has 1 unspecified atom stereocenters. The van der Waals surface area contributed by atoms with Crippen LogP contribution < -0.4 is 4.74 Å². The van der Waals surface area contributed by atoms with Gasteiger partial charge in [-0.1, -0.05) is 22.9 Å². The molecule has 0 bridgehead atoms. The second kappa shape index (κ2) is 7.80. The lowest BCUT2D eigenvalue weighted by Gasteiger charge is -2.37. The average Bonchev–Trinajstić information content (AvgIpc) is 2.53. The maximum Gasteiger partial charge on any atom is 0.260 e. The summed E-state index contributed by atoms with van der Waals surface area (Å²) in [6, 6.07) is 8.13. The van der Waals surface area contributed by atoms with E-state index in [-0.39, 0.29) is 12.5 Å². The fraction of sp³-hybridized carbons (Fsp3) is 0.562. The van der Waals surface area contributed by atoms with Gasteiger partial charge in [-0.15, -0.1) is 0 Å². The van der Waals surface area contributed by atoms with Crippen molar-refractivity contribution in [3.8, 4) is 5.75 Å². The van der Waals surface area contributed by atoms with Gasteiger partial charge in [-0.2, -0.15) is 0 Å². The maximum absolute atomic E-state index is 12.2. The molecule has 116 valence electrons. The predicted molar refractivity (Wildman–Crippen MR) is 87.5 cm³/mol. The first-order valence-electron chi connectivity index (χ1n) is 7.50. The Bertz CT molecular complexity index is 456. The lowest BCUT2D eigenvalue weighted by atomic mass is 10.2. The summed E-state index contributed by atoms with van der Waals surface area (Å²) in [5.74, 6) is 0.798. The van der Waals surface area contributed by atoms with Crippen LogP contribution >= 0.6 is 15.9 Å². The molecule has 1 fully saturated rings. The van der Waals surface area contributed by atoms with Crippen molar-refractivity contribution < 1.29 is 9.53 Å². The Balaban J connectivity index is 1.76. The molecule has 0 N–H and O–H groups in total. The Morgan fingerprint density at radius 1 is 1.24 bits per heavy atom. The van der Waals surface area contributed by atoms with Crippen LogP contribution in [0, 0.1) is 0 Å². The van der Waals surface area contributed by atoms with Crippen LogP contribution in [0.4, 0.5) is 0 Å². The van der Waals surface area contributed by atoms with Gasteiger partial charge in [-0.3, -0.25) is 9.69 Å². The lowest BCUT2D eigenvalue weighted by Crippen LogP contribution is -2.52. The van der Waals surface area contributed by atoms with Crippen LogP contribution in [0.3, 0.4) is 0 Å². The first kappa shape index (κ1) is 16.3. The number of hydrogen-bond acceptors (Lipinski definition) is 3. The zero-order valence-corrected chi connectivity index (χ0v) is 14.3. The van der Waals surface area contributed by atoms with Crippen LogP contribution in [-0.2, 0) is 4.79 Å². The van der Waals surface area contributed by atoms with E-state index in [1.54, 1.807) is 0 Å². The molecule has 0 aromatic heterocycles. The molecule has 2 rings (SSSR count). The summed E-state index contributed by atoms with van der Waals surface area (Å²) in [6.07, 6.45) is 1.15. The number of benzene rings is 1. The second-order valence-corrected chi connectivity index (χ2v) is 6.33. The molecule has 21 heavy (non-hydrogen) atoms. The molecule has 0 aliphatic carbocycles. The van der Waals surface area contributed by atoms with Crippen molar-refractivity contribution >= 4 is 21.8 Å². The number of piperazine rings is 1. The molecule has 1 amide bonds. The van der Waals surface area contributed by atoms with E-state index >= 15 is 0 Å². The number of carbonyl (C=O) groups is 1. The monoisotopic (exact) mass is 354 g/mol. The van der Waals surface area contributed by atoms with Gasteiger partial charge in [0.1, 0.15) is 5.75 Å². The van der Waals surface area contributed by atoms with Gasteiger partial charge in [0.15, 0.2) is 6.61 Å². The van der Waals surface area contributed by atoms with Crippen LogP contribution in [0.15, 0.2) is 28.7 Å². The van der Waals surface area contributed by atoms with Crippen molar-refractivity contribution in [2.75, 3.05) is 32.8 Å². The van der Waals surface area contributed by atoms with Gasteiger partial charge in [0.25, 0.3) is 5.91 Å². The molecule has 1 atom stereocenters. The number of amides is 1. The Morgan fingerprint density at radius 3 is 2.43 bits per heavy atom. The van der Waals surface area contributed by atoms with Crippen molar-refractivity contribution in [3.63, 3.8) is 0 Å². The summed E-state index contributed by atoms with van der Waals surface area (Å²) in [6.45, 7) is 8.07. The van der Waals surface area contributed by atoms with Gasteiger partial charge < -0.3 is 9.64 Å². The molecule has 1 heterocycles. The molecule has 1 aromatic carbocycles. The van der Waals surface area contributed by atoms with Gasteiger partial charge >= 0.3 is 0 Å². The summed E-state index contributed by atoms with van der Waals surface area (Å²) in [4.78, 5) is 16.5. The largest absolute Gasteiger partial charge is 0.484 e. The molecule has 0 spiro atoms. The van der Waals surface area contributed by atoms with Gasteiger partial charge in [-0.25, -0.2) is 0 Å². The van der Waals surface area contributed by atoms with Crippen molar-refractivity contribution in [2.24, 2.45) is 0 Å². The number of rotatable bonds is 5. The molecule has 5 heteroatoms. The van der Waals surface area contributed by atoms with Crippen LogP contribution in [0.25, 0.3) is 0 Å². The van der Waals surface area contributed by atoms with E-state index in [1.807, 2.05) is 29.2 Å². The SMILES string of the molecule is CCC(C)N1CCN(C(=O)COc2ccc(Br)cc2)CC1. The van der Waals surface area contributed by atoms with Crippen LogP contribution in [-0.4, -0.2) is 54.5 Å². The van der Waals surface area contributed by atoms with Crippen molar-refractivity contribution in [3.05, 3.63) is 28.7 Å². The third-order valence-corrected chi connectivity index (χ3v) is 4.59. The summed E-state index contributed by atoms with van der Waals surface area (Å²) in [7, 11) is 0. The van der Waals surface area contributed by atoms with E-state index < -0.39 is 0 Å². The number of carbonyl (C=O) groups excluding carboxylic acids is 1. The number of nitrogens with zero attached hydrogens (tertiary/aromatic N) is 2. The quantitative estimate of drug-likeness (QED) is 0.814. The third-order valence-electron chi connectivity index (χ3n) is 4.06. The van der Waals surface area contributed by atoms with Crippen molar-refractivity contribution in [1.82, 2.24) is 9.80 Å². The molecule has 1 aliphatic heterocycles. The molecule has 0 saturated carbocycles. The van der Waals surface area contributed by atoms with E-state index in [0.717, 1.165) is 42.8 Å². The van der Waals surface area contributed by atoms with Gasteiger partial charge in [-0.05, 0) is 37.6 Å². The first-order chi connectivity index (χ1) is 10.1. The highest BCUT2D eigenvalue weighted by Gasteiger charge is 2.23. The number of hydrogen-bond donors (Lipinski definition) is 0. The lowest BCUT2D eigenvalue weighted by molar-refractivity contribution is -0.135. The Kier molecular flexibility index (Phi) is 6.06. The normalized spacial score (nSPS) is 17.6. The Morgan fingerprint density at radius 2 is 1.86 bits per heavy atom. The van der Waals surface area contributed by atoms with Crippen LogP contribution in [0.1, 0.15) is 20.3 Å². The number of halogens is 1. The molecule has 4 nitrogen and oxygen atoms in total. The summed E-state index contributed by atoms with van der Waals surface area (Å²) in [5.41, 5.74) is 0. The third kappa shape index (κ3) is 4.71. The standard InChI is InChI=1S/C16H23BrN2O2/c1-3-13(2)18-8-10-19(11-9-18)16(20)12-21-15-6-4-14(17)5-7-15/h4-7,13H,3,8-12H2,1-2H3. The van der Waals surface area contributed by atoms with Gasteiger partial charge in [0.2, 0.25) is 0 Å². The molecule has 1 saturated heterocycles. The molecule has 1 aromatic rings. The van der Waals surface area contributed by atoms with Crippen molar-refractivity contribution in [2.45, 2.75) is 26.3 Å². The van der Waals surface area contributed by atoms with E-state index in [4.69, 9.17) is 4.74 Å². The maximum atomic E-state index is 12.2. The molecule has 0 radical (unpaired) electrons. The molecule has 1 aliphatic rings. The highest BCUT2D eigenvalue weighted by atomic mass is 79.9. The number of ether oxygens (including phenoxy) is 1. The fourth-order valence-corrected chi connectivity index (χ4v) is 2.70. The van der Waals surface area contributed by atoms with Gasteiger partial charge in [0.05, 0.1) is 0 Å². The van der Waals surface area contributed by atoms with E-state index in [1.165, 1.54) is 0 Å². The summed E-state index contributed by atoms with van der Waals surface area (Å²) >= 11 is 3.38. The van der Waals surface area contributed by atoms with E-state index in [0.29, 0.717) is 6.04 Å². The topological polar surface area (TPSA) is 32.8 Å². The van der Waals surface area contributed by atoms with Crippen LogP contribution in [0.5, 0.6) is 5.75 Å². The van der Waals surface area contributed by atoms with Gasteiger partial charge in [0, 0.05) is 36.7 Å². The average molecular weight is 355 g/mol. The first-order valence-corrected chi connectivity index (χ1v) is 8.29. The zero-order chi connectivity index (χ0) is 15.2. The second-order valence-electron chi connectivity index (χ2n) is 5.42. The minimum atomic E-state index is 0.0710. The molecular weight excluding hydrogens is 332 g/mol. The Hall–Kier alpha value is -1.07. The predicted octanol–water partition coefficient (Wildman–Crippen LogP) is 2.77. The highest BCUT2D eigenvalue weighted by molar-refractivity contribution is 9.10. The van der Waals surface area contributed by atoms with Crippen LogP contribution in [0.2, 0.25) is 0 Å². The zero-order valence-electron chi connectivity index (χ0n) is 12.7. The van der Waals surface area contributed by atoms with E-state index in [2.05, 4.69) is 34.7 Å². The minimum absolute atomic E-state index is 0.0710. The summed E-state index contributed by atoms with van der Waals surface area (Å²) in [5, 5.41) is 0.